The molecule has 3 aliphatic heterocycles. The number of cyclic esters (lactones) is 1. The van der Waals surface area contributed by atoms with Gasteiger partial charge in [0.15, 0.2) is 12.6 Å². The van der Waals surface area contributed by atoms with Gasteiger partial charge in [0.05, 0.1) is 24.4 Å². The molecule has 4 aliphatic carbocycles. The normalized spacial score (nSPS) is 54.4. The second-order valence-electron chi connectivity index (χ2n) is 16.1. The van der Waals surface area contributed by atoms with Gasteiger partial charge in [0.1, 0.15) is 49.3 Å². The summed E-state index contributed by atoms with van der Waals surface area (Å²) in [5.41, 5.74) is -1.11. The van der Waals surface area contributed by atoms with Gasteiger partial charge in [0.25, 0.3) is 0 Å². The number of rotatable bonds is 7. The van der Waals surface area contributed by atoms with Crippen LogP contribution in [0.3, 0.4) is 0 Å². The predicted molar refractivity (Wildman–Crippen MR) is 167 cm³/mol. The lowest BCUT2D eigenvalue weighted by molar-refractivity contribution is -0.357. The number of carbonyl (C=O) groups is 1. The Morgan fingerprint density at radius 1 is 0.857 bits per heavy atom. The monoisotopic (exact) mass is 698 g/mol. The first-order valence-corrected chi connectivity index (χ1v) is 18.1. The van der Waals surface area contributed by atoms with Crippen molar-refractivity contribution in [1.29, 1.82) is 0 Å². The summed E-state index contributed by atoms with van der Waals surface area (Å²) in [6, 6.07) is 0. The van der Waals surface area contributed by atoms with Crippen LogP contribution in [0, 0.1) is 34.5 Å². The standard InChI is InChI=1S/C35H54O14/c1-16-28(24(38)26(40)31(43)46-16)49-32-27(41)25(39)29(23(14-36)48-32)47-18-5-10-34(15-37)17(13-18)3-4-22-21(34)6-9-33(2)20(7-11-35(22,33)44)19-8-12-45-30(19)42/h8,16-18,20-29,31-32,36-41,43-44H,3-7,9-15H2,1-2H3/t16-,17-,18+,20-,21+,22-,23-,24-,25-,26+,27-,28+,29-,31+,32-,33-,34-,35+/m1/s1. The third kappa shape index (κ3) is 5.56. The summed E-state index contributed by atoms with van der Waals surface area (Å²) in [5, 5.41) is 86.3. The van der Waals surface area contributed by atoms with Gasteiger partial charge in [0.2, 0.25) is 0 Å². The zero-order valence-corrected chi connectivity index (χ0v) is 28.3. The van der Waals surface area contributed by atoms with Crippen LogP contribution in [-0.4, -0.2) is 140 Å². The molecule has 0 aromatic carbocycles. The molecular weight excluding hydrogens is 644 g/mol. The molecule has 0 bridgehead atoms. The Morgan fingerprint density at radius 3 is 2.31 bits per heavy atom. The van der Waals surface area contributed by atoms with Crippen molar-refractivity contribution in [3.05, 3.63) is 11.6 Å². The zero-order valence-electron chi connectivity index (χ0n) is 28.3. The van der Waals surface area contributed by atoms with Crippen LogP contribution in [0.2, 0.25) is 0 Å². The summed E-state index contributed by atoms with van der Waals surface area (Å²) in [4.78, 5) is 12.5. The summed E-state index contributed by atoms with van der Waals surface area (Å²) in [6.07, 6.45) is -5.87. The Kier molecular flexibility index (Phi) is 9.80. The Bertz CT molecular complexity index is 1260. The fourth-order valence-corrected chi connectivity index (χ4v) is 11.5. The van der Waals surface area contributed by atoms with Gasteiger partial charge < -0.3 is 64.5 Å². The predicted octanol–water partition coefficient (Wildman–Crippen LogP) is -0.747. The fraction of sp³-hybridized carbons (Fsp3) is 0.914. The lowest BCUT2D eigenvalue weighted by Gasteiger charge is -2.64. The lowest BCUT2D eigenvalue weighted by Crippen LogP contribution is -2.65. The highest BCUT2D eigenvalue weighted by Crippen LogP contribution is 2.70. The second kappa shape index (κ2) is 13.3. The Labute approximate surface area is 285 Å². The molecule has 0 radical (unpaired) electrons. The number of carbonyl (C=O) groups excluding carboxylic acids is 1. The van der Waals surface area contributed by atoms with Gasteiger partial charge >= 0.3 is 5.97 Å². The molecule has 0 unspecified atom stereocenters. The number of fused-ring (bicyclic) bond motifs is 5. The first-order valence-electron chi connectivity index (χ1n) is 18.1. The highest BCUT2D eigenvalue weighted by atomic mass is 16.7. The van der Waals surface area contributed by atoms with E-state index >= 15 is 0 Å². The van der Waals surface area contributed by atoms with Crippen molar-refractivity contribution in [2.45, 2.75) is 145 Å². The molecule has 7 rings (SSSR count). The largest absolute Gasteiger partial charge is 0.458 e. The van der Waals surface area contributed by atoms with E-state index in [1.54, 1.807) is 0 Å². The number of hydrogen-bond acceptors (Lipinski definition) is 14. The average Bonchev–Trinajstić information content (AvgIpc) is 3.63. The van der Waals surface area contributed by atoms with E-state index in [9.17, 15) is 45.6 Å². The first kappa shape index (κ1) is 36.1. The highest BCUT2D eigenvalue weighted by Gasteiger charge is 2.69. The van der Waals surface area contributed by atoms with Gasteiger partial charge in [-0.25, -0.2) is 4.79 Å². The Balaban J connectivity index is 1.02. The molecule has 278 valence electrons. The van der Waals surface area contributed by atoms with Crippen LogP contribution in [-0.2, 0) is 28.5 Å². The number of aliphatic hydroxyl groups excluding tert-OH is 7. The minimum atomic E-state index is -1.66. The Morgan fingerprint density at radius 2 is 1.61 bits per heavy atom. The summed E-state index contributed by atoms with van der Waals surface area (Å²) in [5.74, 6) is -0.121. The van der Waals surface area contributed by atoms with E-state index in [4.69, 9.17) is 23.7 Å². The molecule has 6 fully saturated rings. The third-order valence-corrected chi connectivity index (χ3v) is 14.2. The van der Waals surface area contributed by atoms with Crippen molar-refractivity contribution >= 4 is 5.97 Å². The maximum Gasteiger partial charge on any atom is 0.334 e. The molecule has 7 aliphatic rings. The van der Waals surface area contributed by atoms with Crippen LogP contribution < -0.4 is 0 Å². The van der Waals surface area contributed by atoms with E-state index in [-0.39, 0.29) is 49.0 Å². The van der Waals surface area contributed by atoms with Crippen LogP contribution >= 0.6 is 0 Å². The molecular formula is C35H54O14. The molecule has 0 spiro atoms. The van der Waals surface area contributed by atoms with Gasteiger partial charge in [-0.3, -0.25) is 0 Å². The van der Waals surface area contributed by atoms with Crippen LogP contribution in [0.4, 0.5) is 0 Å². The first-order chi connectivity index (χ1) is 23.3. The average molecular weight is 699 g/mol. The van der Waals surface area contributed by atoms with Gasteiger partial charge in [-0.1, -0.05) is 6.92 Å². The number of ether oxygens (including phenoxy) is 5. The quantitative estimate of drug-likeness (QED) is 0.153. The van der Waals surface area contributed by atoms with E-state index < -0.39 is 84.4 Å². The van der Waals surface area contributed by atoms with Crippen molar-refractivity contribution in [2.75, 3.05) is 19.8 Å². The number of esters is 1. The summed E-state index contributed by atoms with van der Waals surface area (Å²) < 4.78 is 28.5. The maximum absolute atomic E-state index is 12.5. The van der Waals surface area contributed by atoms with Gasteiger partial charge in [-0.05, 0) is 99.9 Å². The van der Waals surface area contributed by atoms with Gasteiger partial charge in [-0.2, -0.15) is 0 Å². The zero-order chi connectivity index (χ0) is 35.0. The summed E-state index contributed by atoms with van der Waals surface area (Å²) in [7, 11) is 0. The molecule has 14 nitrogen and oxygen atoms in total. The molecule has 18 atom stereocenters. The van der Waals surface area contributed by atoms with E-state index in [1.165, 1.54) is 6.92 Å². The molecule has 4 saturated carbocycles. The van der Waals surface area contributed by atoms with Crippen LogP contribution in [0.15, 0.2) is 11.6 Å². The molecule has 49 heavy (non-hydrogen) atoms. The van der Waals surface area contributed by atoms with E-state index in [1.807, 2.05) is 6.08 Å². The smallest absolute Gasteiger partial charge is 0.334 e. The molecule has 0 aromatic rings. The molecule has 0 amide bonds. The maximum atomic E-state index is 12.5. The minimum absolute atomic E-state index is 0.00487. The van der Waals surface area contributed by atoms with Crippen molar-refractivity contribution in [1.82, 2.24) is 0 Å². The van der Waals surface area contributed by atoms with E-state index in [0.29, 0.717) is 31.3 Å². The number of hydrogen-bond donors (Lipinski definition) is 8. The second-order valence-corrected chi connectivity index (χ2v) is 16.1. The van der Waals surface area contributed by atoms with Crippen LogP contribution in [0.5, 0.6) is 0 Å². The van der Waals surface area contributed by atoms with Gasteiger partial charge in [0, 0.05) is 17.6 Å². The third-order valence-electron chi connectivity index (χ3n) is 14.2. The van der Waals surface area contributed by atoms with Crippen molar-refractivity contribution < 1.29 is 69.3 Å². The van der Waals surface area contributed by atoms with Crippen molar-refractivity contribution in [3.63, 3.8) is 0 Å². The lowest BCUT2D eigenvalue weighted by atomic mass is 9.43. The van der Waals surface area contributed by atoms with E-state index in [2.05, 4.69) is 6.92 Å². The highest BCUT2D eigenvalue weighted by molar-refractivity contribution is 5.91. The SMILES string of the molecule is C[C@H]1O[C@H](O)[C@@H](O)[C@@H](O)[C@H]1O[C@H]1O[C@H](CO)[C@@H](O[C@H]2CC[C@@]3(CO)[C@H](CC[C@@H]4[C@@H]3CC[C@]3(C)[C@@H](C5=CCOC5=O)CC[C@]43O)C2)[C@H](O)[C@H]1O. The molecule has 3 heterocycles. The van der Waals surface area contributed by atoms with Gasteiger partial charge in [-0.15, -0.1) is 0 Å². The Hall–Kier alpha value is -1.27. The number of aliphatic hydroxyl groups is 8. The van der Waals surface area contributed by atoms with Crippen LogP contribution in [0.25, 0.3) is 0 Å². The minimum Gasteiger partial charge on any atom is -0.458 e. The summed E-state index contributed by atoms with van der Waals surface area (Å²) in [6.45, 7) is 3.37. The van der Waals surface area contributed by atoms with Crippen molar-refractivity contribution in [2.24, 2.45) is 34.5 Å². The molecule has 14 heteroatoms. The van der Waals surface area contributed by atoms with Crippen molar-refractivity contribution in [3.8, 4) is 0 Å². The summed E-state index contributed by atoms with van der Waals surface area (Å²) >= 11 is 0. The molecule has 2 saturated heterocycles. The molecule has 0 aromatic heterocycles. The fourth-order valence-electron chi connectivity index (χ4n) is 11.5. The molecule has 8 N–H and O–H groups in total. The van der Waals surface area contributed by atoms with Crippen LogP contribution in [0.1, 0.15) is 71.6 Å². The topological polar surface area (TPSA) is 225 Å². The van der Waals surface area contributed by atoms with E-state index in [0.717, 1.165) is 32.1 Å².